The number of hydrogen-bond donors (Lipinski definition) is 2. The van der Waals surface area contributed by atoms with E-state index < -0.39 is 24.0 Å². The van der Waals surface area contributed by atoms with E-state index in [4.69, 9.17) is 10.2 Å². The molecule has 1 unspecified atom stereocenters. The van der Waals surface area contributed by atoms with Crippen LogP contribution >= 0.6 is 11.8 Å². The Kier molecular flexibility index (Phi) is 5.48. The molecule has 1 atom stereocenters. The first-order valence-electron chi connectivity index (χ1n) is 3.20. The zero-order valence-electron chi connectivity index (χ0n) is 6.52. The highest BCUT2D eigenvalue weighted by molar-refractivity contribution is 8.00. The molecule has 0 radical (unpaired) electrons. The van der Waals surface area contributed by atoms with E-state index in [2.05, 4.69) is 4.74 Å². The van der Waals surface area contributed by atoms with Crippen LogP contribution in [0.15, 0.2) is 0 Å². The van der Waals surface area contributed by atoms with Crippen LogP contribution in [-0.4, -0.2) is 39.9 Å². The molecule has 0 aliphatic carbocycles. The fourth-order valence-electron chi connectivity index (χ4n) is 0.445. The average molecular weight is 194 g/mol. The molecule has 0 heterocycles. The van der Waals surface area contributed by atoms with Crippen molar-refractivity contribution >= 4 is 23.7 Å². The smallest absolute Gasteiger partial charge is 0.332 e. The molecular formula is C6H10O5S. The summed E-state index contributed by atoms with van der Waals surface area (Å²) in [5.74, 6) is -1.84. The number of esters is 1. The summed E-state index contributed by atoms with van der Waals surface area (Å²) in [5.41, 5.74) is -0.541. The third kappa shape index (κ3) is 5.99. The summed E-state index contributed by atoms with van der Waals surface area (Å²) in [6, 6.07) is 0. The molecule has 0 bridgehead atoms. The number of rotatable bonds is 5. The number of hydrogen-bond acceptors (Lipinski definition) is 5. The number of ether oxygens (including phenoxy) is 1. The van der Waals surface area contributed by atoms with Crippen LogP contribution in [0.4, 0.5) is 0 Å². The van der Waals surface area contributed by atoms with E-state index in [0.717, 1.165) is 11.8 Å². The van der Waals surface area contributed by atoms with Crippen LogP contribution in [-0.2, 0) is 14.3 Å². The maximum Gasteiger partial charge on any atom is 0.332 e. The molecule has 5 nitrogen and oxygen atoms in total. The molecule has 0 aromatic carbocycles. The maximum absolute atomic E-state index is 10.4. The number of carbonyl (C=O) groups excluding carboxylic acids is 1. The number of thioether (sulfide) groups is 1. The highest BCUT2D eigenvalue weighted by atomic mass is 32.2. The van der Waals surface area contributed by atoms with E-state index in [-0.39, 0.29) is 5.75 Å². The molecule has 0 aliphatic heterocycles. The SMILES string of the molecule is CC(OC(=O)CO)SCC(=O)O. The van der Waals surface area contributed by atoms with Crippen molar-refractivity contribution < 1.29 is 24.5 Å². The summed E-state index contributed by atoms with van der Waals surface area (Å²) in [6.45, 7) is 0.860. The zero-order chi connectivity index (χ0) is 9.56. The zero-order valence-corrected chi connectivity index (χ0v) is 7.34. The number of carbonyl (C=O) groups is 2. The summed E-state index contributed by atoms with van der Waals surface area (Å²) in [4.78, 5) is 20.5. The minimum Gasteiger partial charge on any atom is -0.481 e. The van der Waals surface area contributed by atoms with Crippen molar-refractivity contribution in [1.29, 1.82) is 0 Å². The molecule has 0 saturated heterocycles. The van der Waals surface area contributed by atoms with Crippen molar-refractivity contribution in [2.75, 3.05) is 12.4 Å². The molecule has 0 fully saturated rings. The van der Waals surface area contributed by atoms with E-state index in [1.807, 2.05) is 0 Å². The number of aliphatic hydroxyl groups is 1. The molecule has 0 aromatic heterocycles. The molecule has 2 N–H and O–H groups in total. The molecule has 0 aliphatic rings. The minimum atomic E-state index is -0.966. The monoisotopic (exact) mass is 194 g/mol. The summed E-state index contributed by atoms with van der Waals surface area (Å²) < 4.78 is 4.56. The lowest BCUT2D eigenvalue weighted by atomic mass is 10.7. The molecule has 12 heavy (non-hydrogen) atoms. The second-order valence-electron chi connectivity index (χ2n) is 1.92. The van der Waals surface area contributed by atoms with Crippen LogP contribution in [0.1, 0.15) is 6.92 Å². The van der Waals surface area contributed by atoms with Gasteiger partial charge in [-0.3, -0.25) is 4.79 Å². The van der Waals surface area contributed by atoms with Gasteiger partial charge in [0, 0.05) is 0 Å². The molecule has 70 valence electrons. The van der Waals surface area contributed by atoms with Crippen LogP contribution in [0.3, 0.4) is 0 Å². The largest absolute Gasteiger partial charge is 0.481 e. The Balaban J connectivity index is 3.52. The second-order valence-corrected chi connectivity index (χ2v) is 3.21. The number of carboxylic acids is 1. The standard InChI is InChI=1S/C6H10O5S/c1-4(11-6(10)2-7)12-3-5(8)9/h4,7H,2-3H2,1H3,(H,8,9). The number of aliphatic carboxylic acids is 1. The van der Waals surface area contributed by atoms with Gasteiger partial charge in [0.15, 0.2) is 0 Å². The van der Waals surface area contributed by atoms with Gasteiger partial charge in [-0.15, -0.1) is 11.8 Å². The number of carboxylic acid groups (broad SMARTS) is 1. The third-order valence-corrected chi connectivity index (χ3v) is 1.85. The van der Waals surface area contributed by atoms with Gasteiger partial charge in [-0.05, 0) is 6.92 Å². The Morgan fingerprint density at radius 3 is 2.58 bits per heavy atom. The molecule has 0 spiro atoms. The Bertz CT molecular complexity index is 169. The normalized spacial score (nSPS) is 12.2. The van der Waals surface area contributed by atoms with Gasteiger partial charge in [-0.2, -0.15) is 0 Å². The van der Waals surface area contributed by atoms with E-state index in [9.17, 15) is 9.59 Å². The first kappa shape index (κ1) is 11.2. The summed E-state index contributed by atoms with van der Waals surface area (Å²) in [7, 11) is 0. The first-order chi connectivity index (χ1) is 5.56. The lowest BCUT2D eigenvalue weighted by Crippen LogP contribution is -2.16. The van der Waals surface area contributed by atoms with Crippen LogP contribution in [0.5, 0.6) is 0 Å². The van der Waals surface area contributed by atoms with Gasteiger partial charge >= 0.3 is 11.9 Å². The van der Waals surface area contributed by atoms with E-state index in [0.29, 0.717) is 0 Å². The van der Waals surface area contributed by atoms with Crippen molar-refractivity contribution in [1.82, 2.24) is 0 Å². The van der Waals surface area contributed by atoms with Crippen molar-refractivity contribution in [3.8, 4) is 0 Å². The van der Waals surface area contributed by atoms with Gasteiger partial charge in [-0.1, -0.05) is 0 Å². The third-order valence-electron chi connectivity index (χ3n) is 0.868. The fourth-order valence-corrected chi connectivity index (χ4v) is 0.998. The highest BCUT2D eigenvalue weighted by Crippen LogP contribution is 2.10. The van der Waals surface area contributed by atoms with Crippen molar-refractivity contribution in [2.45, 2.75) is 12.4 Å². The topological polar surface area (TPSA) is 83.8 Å². The lowest BCUT2D eigenvalue weighted by Gasteiger charge is -2.09. The maximum atomic E-state index is 10.4. The Hall–Kier alpha value is -0.750. The second kappa shape index (κ2) is 5.84. The van der Waals surface area contributed by atoms with Gasteiger partial charge in [-0.25, -0.2) is 4.79 Å². The first-order valence-corrected chi connectivity index (χ1v) is 4.25. The fraction of sp³-hybridized carbons (Fsp3) is 0.667. The van der Waals surface area contributed by atoms with E-state index in [1.54, 1.807) is 6.92 Å². The van der Waals surface area contributed by atoms with Crippen LogP contribution < -0.4 is 0 Å². The van der Waals surface area contributed by atoms with Crippen molar-refractivity contribution in [3.05, 3.63) is 0 Å². The highest BCUT2D eigenvalue weighted by Gasteiger charge is 2.09. The van der Waals surface area contributed by atoms with Crippen LogP contribution in [0.2, 0.25) is 0 Å². The minimum absolute atomic E-state index is 0.125. The van der Waals surface area contributed by atoms with Gasteiger partial charge in [0.05, 0.1) is 5.75 Å². The molecule has 0 amide bonds. The van der Waals surface area contributed by atoms with Crippen LogP contribution in [0.25, 0.3) is 0 Å². The summed E-state index contributed by atoms with van der Waals surface area (Å²) in [6.07, 6.45) is 0. The average Bonchev–Trinajstić information content (AvgIpc) is 2.00. The van der Waals surface area contributed by atoms with Crippen molar-refractivity contribution in [3.63, 3.8) is 0 Å². The van der Waals surface area contributed by atoms with Gasteiger partial charge in [0.25, 0.3) is 0 Å². The molecule has 0 aromatic rings. The van der Waals surface area contributed by atoms with E-state index >= 15 is 0 Å². The summed E-state index contributed by atoms with van der Waals surface area (Å²) in [5, 5.41) is 16.5. The van der Waals surface area contributed by atoms with E-state index in [1.165, 1.54) is 0 Å². The molecule has 0 saturated carbocycles. The quantitative estimate of drug-likeness (QED) is 0.461. The Morgan fingerprint density at radius 1 is 1.58 bits per heavy atom. The molecule has 6 heteroatoms. The predicted octanol–water partition coefficient (Wildman–Crippen LogP) is -0.314. The number of aliphatic hydroxyl groups excluding tert-OH is 1. The Morgan fingerprint density at radius 2 is 2.17 bits per heavy atom. The summed E-state index contributed by atoms with van der Waals surface area (Å²) >= 11 is 0.974. The molecular weight excluding hydrogens is 184 g/mol. The lowest BCUT2D eigenvalue weighted by molar-refractivity contribution is -0.147. The van der Waals surface area contributed by atoms with Gasteiger partial charge in [0.2, 0.25) is 0 Å². The van der Waals surface area contributed by atoms with Gasteiger partial charge < -0.3 is 14.9 Å². The van der Waals surface area contributed by atoms with Crippen LogP contribution in [0, 0.1) is 0 Å². The Labute approximate surface area is 73.7 Å². The molecule has 0 rings (SSSR count). The van der Waals surface area contributed by atoms with Crippen molar-refractivity contribution in [2.24, 2.45) is 0 Å². The van der Waals surface area contributed by atoms with Gasteiger partial charge in [0.1, 0.15) is 12.0 Å². The predicted molar refractivity (Wildman–Crippen MR) is 42.7 cm³/mol.